The second-order valence-corrected chi connectivity index (χ2v) is 8.34. The van der Waals surface area contributed by atoms with Gasteiger partial charge in [0.2, 0.25) is 6.29 Å². The monoisotopic (exact) mass is 472 g/mol. The number of hydrogen-bond acceptors (Lipinski definition) is 7. The summed E-state index contributed by atoms with van der Waals surface area (Å²) in [6.07, 6.45) is -6.84. The average Bonchev–Trinajstić information content (AvgIpc) is 2.72. The zero-order valence-electron chi connectivity index (χ0n) is 18.8. The van der Waals surface area contributed by atoms with E-state index in [0.717, 1.165) is 0 Å². The smallest absolute Gasteiger partial charge is 0.526 e. The molecule has 1 aliphatic heterocycles. The van der Waals surface area contributed by atoms with E-state index in [0.29, 0.717) is 5.56 Å². The van der Waals surface area contributed by atoms with Gasteiger partial charge in [-0.05, 0) is 24.5 Å². The molecule has 33 heavy (non-hydrogen) atoms. The van der Waals surface area contributed by atoms with E-state index in [2.05, 4.69) is 0 Å². The van der Waals surface area contributed by atoms with Gasteiger partial charge < -0.3 is 19.2 Å². The summed E-state index contributed by atoms with van der Waals surface area (Å²) in [6.45, 7) is 5.05. The molecule has 1 N–H and O–H groups in total. The summed E-state index contributed by atoms with van der Waals surface area (Å²) in [5.41, 5.74) is 0.578. The van der Waals surface area contributed by atoms with Gasteiger partial charge in [0.15, 0.2) is 0 Å². The number of carbonyl (C=O) groups is 3. The highest BCUT2D eigenvalue weighted by molar-refractivity contribution is 6.47. The largest absolute Gasteiger partial charge is 0.535 e. The maximum Gasteiger partial charge on any atom is 0.526 e. The molecule has 0 radical (unpaired) electrons. The lowest BCUT2D eigenvalue weighted by Crippen LogP contribution is -2.36. The summed E-state index contributed by atoms with van der Waals surface area (Å²) < 4.78 is 52.8. The highest BCUT2D eigenvalue weighted by atomic mass is 19.4. The van der Waals surface area contributed by atoms with E-state index < -0.39 is 49.5 Å². The highest BCUT2D eigenvalue weighted by Crippen LogP contribution is 2.37. The molecule has 2 rings (SSSR count). The average molecular weight is 472 g/mol. The number of para-hydroxylation sites is 1. The Kier molecular flexibility index (Phi) is 9.33. The molecule has 2 atom stereocenters. The Labute approximate surface area is 190 Å². The SMILES string of the molecule is CCC(=O)OC(OC(=O)c1cccc2c1OB(O)[C@@H](CC(=O)CCCC(F)(F)F)C2)C(C)C. The fraction of sp³-hybridized carbons (Fsp3) is 0.591. The number of ketones is 1. The van der Waals surface area contributed by atoms with Crippen LogP contribution in [0.1, 0.15) is 68.8 Å². The first-order valence-corrected chi connectivity index (χ1v) is 10.9. The Bertz CT molecular complexity index is 857. The summed E-state index contributed by atoms with van der Waals surface area (Å²) in [5.74, 6) is -2.59. The quantitative estimate of drug-likeness (QED) is 0.309. The van der Waals surface area contributed by atoms with Gasteiger partial charge in [0.05, 0.1) is 0 Å². The standard InChI is InChI=1S/C22H28BF3O7/c1-4-18(28)31-21(13(2)3)32-20(29)17-9-5-7-14-11-15(23(30)33-19(14)17)12-16(27)8-6-10-22(24,25)26/h5,7,9,13,15,21,30H,4,6,8,10-12H2,1-3H3/t15-,21?/m1/s1. The molecular formula is C22H28BF3O7. The first kappa shape index (κ1) is 26.7. The zero-order valence-corrected chi connectivity index (χ0v) is 18.8. The summed E-state index contributed by atoms with van der Waals surface area (Å²) in [5, 5.41) is 10.4. The molecule has 0 saturated heterocycles. The molecule has 0 amide bonds. The fourth-order valence-electron chi connectivity index (χ4n) is 3.38. The van der Waals surface area contributed by atoms with E-state index in [4.69, 9.17) is 14.1 Å². The molecule has 0 aromatic heterocycles. The first-order valence-electron chi connectivity index (χ1n) is 10.9. The first-order chi connectivity index (χ1) is 15.4. The Morgan fingerprint density at radius 3 is 2.55 bits per heavy atom. The number of Topliss-reactive ketones (excluding diaryl/α,β-unsaturated/α-hetero) is 1. The molecular weight excluding hydrogens is 444 g/mol. The van der Waals surface area contributed by atoms with Crippen LogP contribution in [0.4, 0.5) is 13.2 Å². The van der Waals surface area contributed by atoms with Crippen molar-refractivity contribution < 1.29 is 46.7 Å². The van der Waals surface area contributed by atoms with Crippen molar-refractivity contribution in [1.29, 1.82) is 0 Å². The van der Waals surface area contributed by atoms with Crippen LogP contribution in [-0.4, -0.2) is 42.3 Å². The van der Waals surface area contributed by atoms with Crippen molar-refractivity contribution in [3.8, 4) is 5.75 Å². The van der Waals surface area contributed by atoms with Crippen LogP contribution in [0.15, 0.2) is 18.2 Å². The Morgan fingerprint density at radius 1 is 1.24 bits per heavy atom. The van der Waals surface area contributed by atoms with Crippen LogP contribution in [0, 0.1) is 5.92 Å². The van der Waals surface area contributed by atoms with Crippen molar-refractivity contribution in [2.24, 2.45) is 5.92 Å². The fourth-order valence-corrected chi connectivity index (χ4v) is 3.38. The molecule has 0 bridgehead atoms. The van der Waals surface area contributed by atoms with Crippen LogP contribution in [0.25, 0.3) is 0 Å². The number of esters is 2. The van der Waals surface area contributed by atoms with Crippen LogP contribution >= 0.6 is 0 Å². The number of rotatable bonds is 10. The van der Waals surface area contributed by atoms with Crippen molar-refractivity contribution in [1.82, 2.24) is 0 Å². The molecule has 0 aliphatic carbocycles. The van der Waals surface area contributed by atoms with Gasteiger partial charge in [-0.15, -0.1) is 0 Å². The van der Waals surface area contributed by atoms with E-state index in [-0.39, 0.29) is 49.3 Å². The molecule has 1 heterocycles. The zero-order chi connectivity index (χ0) is 24.8. The van der Waals surface area contributed by atoms with Crippen LogP contribution in [0.2, 0.25) is 5.82 Å². The van der Waals surface area contributed by atoms with Crippen LogP contribution in [0.5, 0.6) is 5.75 Å². The van der Waals surface area contributed by atoms with Crippen molar-refractivity contribution in [2.75, 3.05) is 0 Å². The Balaban J connectivity index is 2.07. The summed E-state index contributed by atoms with van der Waals surface area (Å²) in [6, 6.07) is 4.69. The molecule has 11 heteroatoms. The molecule has 7 nitrogen and oxygen atoms in total. The molecule has 182 valence electrons. The number of halogens is 3. The molecule has 1 aliphatic rings. The molecule has 1 aromatic rings. The molecule has 1 aromatic carbocycles. The number of benzene rings is 1. The third-order valence-corrected chi connectivity index (χ3v) is 5.15. The Morgan fingerprint density at radius 2 is 1.94 bits per heavy atom. The number of fused-ring (bicyclic) bond motifs is 1. The Hall–Kier alpha value is -2.56. The normalized spacial score (nSPS) is 16.6. The van der Waals surface area contributed by atoms with Gasteiger partial charge in [0.25, 0.3) is 0 Å². The van der Waals surface area contributed by atoms with E-state index >= 15 is 0 Å². The van der Waals surface area contributed by atoms with Gasteiger partial charge >= 0.3 is 25.2 Å². The van der Waals surface area contributed by atoms with Gasteiger partial charge in [0, 0.05) is 37.4 Å². The van der Waals surface area contributed by atoms with E-state index in [1.54, 1.807) is 32.9 Å². The molecule has 0 saturated carbocycles. The summed E-state index contributed by atoms with van der Waals surface area (Å²) in [7, 11) is -1.42. The van der Waals surface area contributed by atoms with E-state index in [1.807, 2.05) is 0 Å². The molecule has 1 unspecified atom stereocenters. The predicted molar refractivity (Wildman–Crippen MR) is 112 cm³/mol. The molecule has 0 spiro atoms. The van der Waals surface area contributed by atoms with Crippen LogP contribution < -0.4 is 4.65 Å². The number of hydrogen-bond donors (Lipinski definition) is 1. The highest BCUT2D eigenvalue weighted by Gasteiger charge is 2.38. The van der Waals surface area contributed by atoms with E-state index in [9.17, 15) is 32.6 Å². The van der Waals surface area contributed by atoms with Crippen molar-refractivity contribution in [3.63, 3.8) is 0 Å². The number of alkyl halides is 3. The number of carbonyl (C=O) groups excluding carboxylic acids is 3. The van der Waals surface area contributed by atoms with Crippen molar-refractivity contribution in [2.45, 2.75) is 77.6 Å². The minimum atomic E-state index is -4.32. The van der Waals surface area contributed by atoms with Gasteiger partial charge in [-0.2, -0.15) is 13.2 Å². The number of ether oxygens (including phenoxy) is 2. The third kappa shape index (κ3) is 8.06. The van der Waals surface area contributed by atoms with Gasteiger partial charge in [-0.25, -0.2) is 4.79 Å². The van der Waals surface area contributed by atoms with Gasteiger partial charge in [0.1, 0.15) is 17.1 Å². The lowest BCUT2D eigenvalue weighted by molar-refractivity contribution is -0.175. The van der Waals surface area contributed by atoms with Crippen molar-refractivity contribution in [3.05, 3.63) is 29.3 Å². The van der Waals surface area contributed by atoms with Crippen LogP contribution in [-0.2, 0) is 25.5 Å². The second-order valence-electron chi connectivity index (χ2n) is 8.34. The minimum Gasteiger partial charge on any atom is -0.535 e. The predicted octanol–water partition coefficient (Wildman–Crippen LogP) is 4.26. The van der Waals surface area contributed by atoms with Crippen molar-refractivity contribution >= 4 is 24.8 Å². The van der Waals surface area contributed by atoms with Gasteiger partial charge in [-0.1, -0.05) is 32.9 Å². The van der Waals surface area contributed by atoms with Gasteiger partial charge in [-0.3, -0.25) is 9.59 Å². The van der Waals surface area contributed by atoms with E-state index in [1.165, 1.54) is 6.07 Å². The third-order valence-electron chi connectivity index (χ3n) is 5.15. The maximum absolute atomic E-state index is 12.7. The lowest BCUT2D eigenvalue weighted by atomic mass is 9.64. The topological polar surface area (TPSA) is 99.1 Å². The summed E-state index contributed by atoms with van der Waals surface area (Å²) >= 11 is 0. The van der Waals surface area contributed by atoms with Crippen LogP contribution in [0.3, 0.4) is 0 Å². The minimum absolute atomic E-state index is 0.0275. The summed E-state index contributed by atoms with van der Waals surface area (Å²) in [4.78, 5) is 36.4. The maximum atomic E-state index is 12.7. The lowest BCUT2D eigenvalue weighted by Gasteiger charge is -2.29. The second kappa shape index (κ2) is 11.5. The molecule has 0 fully saturated rings.